The summed E-state index contributed by atoms with van der Waals surface area (Å²) in [6, 6.07) is 8.00. The van der Waals surface area contributed by atoms with Crippen LogP contribution in [0.1, 0.15) is 11.1 Å². The van der Waals surface area contributed by atoms with Gasteiger partial charge in [-0.1, -0.05) is 23.5 Å². The largest absolute Gasteiger partial charge is 0.499 e. The second-order valence-corrected chi connectivity index (χ2v) is 4.20. The Hall–Kier alpha value is -1.53. The number of aromatic hydroxyl groups is 1. The minimum atomic E-state index is 0.274. The predicted octanol–water partition coefficient (Wildman–Crippen LogP) is 2.98. The highest BCUT2D eigenvalue weighted by Crippen LogP contribution is 2.38. The molecule has 0 fully saturated rings. The van der Waals surface area contributed by atoms with Gasteiger partial charge < -0.3 is 5.11 Å². The SMILES string of the molecule is Cc1cccc2sc(O)c(CC#N)c12. The molecule has 2 rings (SSSR count). The molecule has 0 aliphatic rings. The number of benzene rings is 1. The highest BCUT2D eigenvalue weighted by atomic mass is 32.1. The molecule has 0 spiro atoms. The van der Waals surface area contributed by atoms with Gasteiger partial charge in [0.15, 0.2) is 5.06 Å². The van der Waals surface area contributed by atoms with Gasteiger partial charge in [0.05, 0.1) is 12.5 Å². The zero-order valence-corrected chi connectivity index (χ0v) is 8.56. The molecule has 0 atom stereocenters. The van der Waals surface area contributed by atoms with Crippen LogP contribution in [0.15, 0.2) is 18.2 Å². The van der Waals surface area contributed by atoms with E-state index in [0.717, 1.165) is 21.2 Å². The average molecular weight is 203 g/mol. The minimum Gasteiger partial charge on any atom is -0.499 e. The molecule has 0 aliphatic heterocycles. The molecule has 3 heteroatoms. The average Bonchev–Trinajstić information content (AvgIpc) is 2.45. The van der Waals surface area contributed by atoms with Gasteiger partial charge in [-0.2, -0.15) is 5.26 Å². The van der Waals surface area contributed by atoms with Crippen molar-refractivity contribution < 1.29 is 5.11 Å². The third kappa shape index (κ3) is 1.24. The van der Waals surface area contributed by atoms with Crippen LogP contribution in [-0.4, -0.2) is 5.11 Å². The van der Waals surface area contributed by atoms with Crippen LogP contribution in [0.25, 0.3) is 10.1 Å². The molecule has 0 bridgehead atoms. The van der Waals surface area contributed by atoms with Crippen LogP contribution in [0.2, 0.25) is 0 Å². The van der Waals surface area contributed by atoms with E-state index in [4.69, 9.17) is 5.26 Å². The van der Waals surface area contributed by atoms with Crippen molar-refractivity contribution >= 4 is 21.4 Å². The topological polar surface area (TPSA) is 44.0 Å². The van der Waals surface area contributed by atoms with Gasteiger partial charge >= 0.3 is 0 Å². The second-order valence-electron chi connectivity index (χ2n) is 3.17. The molecule has 0 saturated carbocycles. The summed E-state index contributed by atoms with van der Waals surface area (Å²) in [4.78, 5) is 0. The van der Waals surface area contributed by atoms with Crippen LogP contribution < -0.4 is 0 Å². The lowest BCUT2D eigenvalue weighted by Gasteiger charge is -1.97. The van der Waals surface area contributed by atoms with Gasteiger partial charge in [-0.3, -0.25) is 0 Å². The van der Waals surface area contributed by atoms with Crippen LogP contribution in [0, 0.1) is 18.3 Å². The standard InChI is InChI=1S/C11H9NOS/c1-7-3-2-4-9-10(7)8(5-6-12)11(13)14-9/h2-4,13H,5H2,1H3. The molecule has 1 N–H and O–H groups in total. The fourth-order valence-electron chi connectivity index (χ4n) is 1.63. The van der Waals surface area contributed by atoms with Gasteiger partial charge in [0, 0.05) is 15.6 Å². The van der Waals surface area contributed by atoms with Gasteiger partial charge in [-0.05, 0) is 18.6 Å². The van der Waals surface area contributed by atoms with Gasteiger partial charge in [-0.15, -0.1) is 0 Å². The Kier molecular flexibility index (Phi) is 2.14. The molecule has 0 aliphatic carbocycles. The summed E-state index contributed by atoms with van der Waals surface area (Å²) in [5.74, 6) is 0. The van der Waals surface area contributed by atoms with Gasteiger partial charge in [0.2, 0.25) is 0 Å². The van der Waals surface area contributed by atoms with Crippen molar-refractivity contribution in [1.82, 2.24) is 0 Å². The van der Waals surface area contributed by atoms with E-state index in [0.29, 0.717) is 0 Å². The summed E-state index contributed by atoms with van der Waals surface area (Å²) in [5, 5.41) is 19.6. The summed E-state index contributed by atoms with van der Waals surface area (Å²) >= 11 is 1.34. The smallest absolute Gasteiger partial charge is 0.176 e. The molecule has 2 nitrogen and oxygen atoms in total. The molecule has 70 valence electrons. The molecule has 1 aromatic heterocycles. The summed E-state index contributed by atoms with van der Waals surface area (Å²) in [6.07, 6.45) is 0.274. The van der Waals surface area contributed by atoms with E-state index in [9.17, 15) is 5.11 Å². The Balaban J connectivity index is 2.81. The summed E-state index contributed by atoms with van der Waals surface area (Å²) in [6.45, 7) is 2.00. The Morgan fingerprint density at radius 2 is 2.29 bits per heavy atom. The Morgan fingerprint density at radius 1 is 1.50 bits per heavy atom. The fraction of sp³-hybridized carbons (Fsp3) is 0.182. The lowest BCUT2D eigenvalue weighted by Crippen LogP contribution is -1.81. The predicted molar refractivity (Wildman–Crippen MR) is 57.5 cm³/mol. The minimum absolute atomic E-state index is 0.274. The van der Waals surface area contributed by atoms with E-state index in [1.807, 2.05) is 25.1 Å². The fourth-order valence-corrected chi connectivity index (χ4v) is 2.67. The van der Waals surface area contributed by atoms with E-state index in [1.165, 1.54) is 11.3 Å². The van der Waals surface area contributed by atoms with E-state index in [1.54, 1.807) is 0 Å². The molecule has 14 heavy (non-hydrogen) atoms. The third-order valence-corrected chi connectivity index (χ3v) is 3.26. The van der Waals surface area contributed by atoms with Crippen LogP contribution in [0.4, 0.5) is 0 Å². The molecule has 1 aromatic carbocycles. The van der Waals surface area contributed by atoms with Crippen LogP contribution in [0.3, 0.4) is 0 Å². The van der Waals surface area contributed by atoms with E-state index >= 15 is 0 Å². The van der Waals surface area contributed by atoms with Crippen molar-refractivity contribution in [2.45, 2.75) is 13.3 Å². The molecule has 2 aromatic rings. The Bertz CT molecular complexity index is 522. The molecule has 0 unspecified atom stereocenters. The van der Waals surface area contributed by atoms with E-state index < -0.39 is 0 Å². The monoisotopic (exact) mass is 203 g/mol. The number of nitrogens with zero attached hydrogens (tertiary/aromatic N) is 1. The maximum Gasteiger partial charge on any atom is 0.176 e. The number of fused-ring (bicyclic) bond motifs is 1. The summed E-state index contributed by atoms with van der Waals surface area (Å²) in [5.41, 5.74) is 1.88. The lowest BCUT2D eigenvalue weighted by molar-refractivity contribution is 0.486. The summed E-state index contributed by atoms with van der Waals surface area (Å²) < 4.78 is 1.05. The van der Waals surface area contributed by atoms with Crippen molar-refractivity contribution in [1.29, 1.82) is 5.26 Å². The molecular weight excluding hydrogens is 194 g/mol. The normalized spacial score (nSPS) is 10.3. The number of hydrogen-bond acceptors (Lipinski definition) is 3. The molecule has 0 radical (unpaired) electrons. The number of rotatable bonds is 1. The summed E-state index contributed by atoms with van der Waals surface area (Å²) in [7, 11) is 0. The first-order chi connectivity index (χ1) is 6.74. The van der Waals surface area contributed by atoms with Crippen molar-refractivity contribution in [3.8, 4) is 11.1 Å². The van der Waals surface area contributed by atoms with Crippen LogP contribution in [-0.2, 0) is 6.42 Å². The number of aryl methyl sites for hydroxylation is 1. The third-order valence-electron chi connectivity index (χ3n) is 2.26. The van der Waals surface area contributed by atoms with Crippen molar-refractivity contribution in [2.24, 2.45) is 0 Å². The zero-order valence-electron chi connectivity index (χ0n) is 7.74. The first-order valence-corrected chi connectivity index (χ1v) is 5.12. The highest BCUT2D eigenvalue weighted by Gasteiger charge is 2.12. The highest BCUT2D eigenvalue weighted by molar-refractivity contribution is 7.20. The second kappa shape index (κ2) is 3.32. The zero-order chi connectivity index (χ0) is 10.1. The van der Waals surface area contributed by atoms with Crippen molar-refractivity contribution in [3.05, 3.63) is 29.3 Å². The van der Waals surface area contributed by atoms with Gasteiger partial charge in [-0.25, -0.2) is 0 Å². The number of hydrogen-bond donors (Lipinski definition) is 1. The van der Waals surface area contributed by atoms with E-state index in [-0.39, 0.29) is 11.5 Å². The molecule has 1 heterocycles. The lowest BCUT2D eigenvalue weighted by atomic mass is 10.1. The van der Waals surface area contributed by atoms with Crippen LogP contribution in [0.5, 0.6) is 5.06 Å². The van der Waals surface area contributed by atoms with Gasteiger partial charge in [0.25, 0.3) is 0 Å². The Labute approximate surface area is 86.0 Å². The maximum absolute atomic E-state index is 9.66. The van der Waals surface area contributed by atoms with Crippen molar-refractivity contribution in [3.63, 3.8) is 0 Å². The van der Waals surface area contributed by atoms with Gasteiger partial charge in [0.1, 0.15) is 0 Å². The first-order valence-electron chi connectivity index (χ1n) is 4.31. The van der Waals surface area contributed by atoms with Crippen molar-refractivity contribution in [2.75, 3.05) is 0 Å². The maximum atomic E-state index is 9.66. The number of nitriles is 1. The molecular formula is C11H9NOS. The first kappa shape index (κ1) is 9.04. The quantitative estimate of drug-likeness (QED) is 0.774. The molecule has 0 saturated heterocycles. The van der Waals surface area contributed by atoms with E-state index in [2.05, 4.69) is 6.07 Å². The van der Waals surface area contributed by atoms with Crippen LogP contribution >= 0.6 is 11.3 Å². The molecule has 0 amide bonds. The Morgan fingerprint density at radius 3 is 3.00 bits per heavy atom. The number of thiophene rings is 1.